The van der Waals surface area contributed by atoms with E-state index in [1.54, 1.807) is 12.1 Å². The van der Waals surface area contributed by atoms with Gasteiger partial charge in [0.1, 0.15) is 4.88 Å². The van der Waals surface area contributed by atoms with Crippen LogP contribution in [0.25, 0.3) is 10.1 Å². The van der Waals surface area contributed by atoms with E-state index in [9.17, 15) is 4.79 Å². The number of carbonyl (C=O) groups is 1. The van der Waals surface area contributed by atoms with Gasteiger partial charge in [0.25, 0.3) is 5.91 Å². The molecular weight excluding hydrogens is 461 g/mol. The highest BCUT2D eigenvalue weighted by Gasteiger charge is 2.18. The van der Waals surface area contributed by atoms with Gasteiger partial charge in [-0.15, -0.1) is 11.3 Å². The first kappa shape index (κ1) is 21.5. The van der Waals surface area contributed by atoms with Crippen molar-refractivity contribution in [2.75, 3.05) is 31.6 Å². The van der Waals surface area contributed by atoms with Crippen LogP contribution >= 0.6 is 46.8 Å². The quantitative estimate of drug-likeness (QED) is 0.505. The van der Waals surface area contributed by atoms with Crippen molar-refractivity contribution in [1.29, 1.82) is 0 Å². The van der Waals surface area contributed by atoms with E-state index in [1.807, 2.05) is 18.2 Å². The van der Waals surface area contributed by atoms with Crippen molar-refractivity contribution < 1.29 is 9.53 Å². The molecule has 0 spiro atoms. The predicted molar refractivity (Wildman–Crippen MR) is 128 cm³/mol. The molecule has 5 nitrogen and oxygen atoms in total. The third-order valence-corrected chi connectivity index (χ3v) is 6.84. The molecule has 0 atom stereocenters. The molecule has 2 aromatic carbocycles. The summed E-state index contributed by atoms with van der Waals surface area (Å²) in [6.07, 6.45) is 0. The number of thiophene rings is 1. The molecule has 3 aromatic rings. The minimum Gasteiger partial charge on any atom is -0.379 e. The van der Waals surface area contributed by atoms with Crippen LogP contribution in [-0.4, -0.2) is 42.2 Å². The van der Waals surface area contributed by atoms with Gasteiger partial charge in [-0.1, -0.05) is 41.4 Å². The second-order valence-electron chi connectivity index (χ2n) is 6.88. The Balaban J connectivity index is 1.36. The minimum absolute atomic E-state index is 0.215. The molecule has 0 saturated carbocycles. The molecule has 1 fully saturated rings. The first-order valence-corrected chi connectivity index (χ1v) is 11.4. The molecule has 156 valence electrons. The lowest BCUT2D eigenvalue weighted by Gasteiger charge is -2.26. The Labute approximate surface area is 193 Å². The third kappa shape index (κ3) is 5.11. The maximum Gasteiger partial charge on any atom is 0.269 e. The number of anilines is 1. The van der Waals surface area contributed by atoms with Crippen LogP contribution < -0.4 is 10.6 Å². The normalized spacial score (nSPS) is 14.6. The van der Waals surface area contributed by atoms with Gasteiger partial charge in [-0.25, -0.2) is 0 Å². The zero-order valence-corrected chi connectivity index (χ0v) is 19.1. The number of nitrogens with one attached hydrogen (secondary N) is 2. The summed E-state index contributed by atoms with van der Waals surface area (Å²) in [6, 6.07) is 13.3. The van der Waals surface area contributed by atoms with Crippen molar-refractivity contribution in [3.63, 3.8) is 0 Å². The number of thiocarbonyl (C=S) groups is 1. The fourth-order valence-electron chi connectivity index (χ4n) is 3.22. The maximum absolute atomic E-state index is 12.6. The van der Waals surface area contributed by atoms with Crippen molar-refractivity contribution in [1.82, 2.24) is 10.2 Å². The highest BCUT2D eigenvalue weighted by atomic mass is 35.5. The van der Waals surface area contributed by atoms with Gasteiger partial charge in [-0.3, -0.25) is 15.0 Å². The molecule has 1 aliphatic rings. The summed E-state index contributed by atoms with van der Waals surface area (Å²) >= 11 is 19.0. The largest absolute Gasteiger partial charge is 0.379 e. The second kappa shape index (κ2) is 9.60. The topological polar surface area (TPSA) is 53.6 Å². The number of rotatable bonds is 4. The van der Waals surface area contributed by atoms with Gasteiger partial charge in [0.05, 0.1) is 18.2 Å². The maximum atomic E-state index is 12.6. The lowest BCUT2D eigenvalue weighted by atomic mass is 10.2. The predicted octanol–water partition coefficient (Wildman–Crippen LogP) is 5.17. The Kier molecular flexibility index (Phi) is 6.87. The van der Waals surface area contributed by atoms with Gasteiger partial charge in [-0.05, 0) is 42.0 Å². The van der Waals surface area contributed by atoms with Crippen molar-refractivity contribution in [3.8, 4) is 0 Å². The van der Waals surface area contributed by atoms with Crippen LogP contribution in [0.1, 0.15) is 15.2 Å². The number of benzene rings is 2. The van der Waals surface area contributed by atoms with Gasteiger partial charge in [0, 0.05) is 40.4 Å². The van der Waals surface area contributed by atoms with Crippen molar-refractivity contribution in [2.45, 2.75) is 6.54 Å². The number of hydrogen-bond donors (Lipinski definition) is 2. The Morgan fingerprint density at radius 3 is 2.60 bits per heavy atom. The lowest BCUT2D eigenvalue weighted by Crippen LogP contribution is -2.35. The van der Waals surface area contributed by atoms with Crippen LogP contribution in [-0.2, 0) is 11.3 Å². The van der Waals surface area contributed by atoms with E-state index in [0.717, 1.165) is 48.6 Å². The molecule has 1 aromatic heterocycles. The summed E-state index contributed by atoms with van der Waals surface area (Å²) in [5, 5.41) is 7.75. The molecule has 2 N–H and O–H groups in total. The van der Waals surface area contributed by atoms with E-state index in [-0.39, 0.29) is 11.0 Å². The molecule has 0 bridgehead atoms. The number of morpholine rings is 1. The van der Waals surface area contributed by atoms with Gasteiger partial charge >= 0.3 is 0 Å². The molecular formula is C21H19Cl2N3O2S2. The zero-order chi connectivity index (χ0) is 21.1. The number of nitrogens with zero attached hydrogens (tertiary/aromatic N) is 1. The molecule has 0 radical (unpaired) electrons. The molecule has 2 heterocycles. The van der Waals surface area contributed by atoms with Crippen LogP contribution in [0, 0.1) is 0 Å². The average Bonchev–Trinajstić information content (AvgIpc) is 3.06. The fourth-order valence-corrected chi connectivity index (χ4v) is 5.12. The smallest absolute Gasteiger partial charge is 0.269 e. The first-order chi connectivity index (χ1) is 14.5. The van der Waals surface area contributed by atoms with Crippen LogP contribution in [0.5, 0.6) is 0 Å². The van der Waals surface area contributed by atoms with Crippen LogP contribution in [0.4, 0.5) is 5.69 Å². The fraction of sp³-hybridized carbons (Fsp3) is 0.238. The molecule has 9 heteroatoms. The zero-order valence-electron chi connectivity index (χ0n) is 15.9. The minimum atomic E-state index is -0.348. The highest BCUT2D eigenvalue weighted by molar-refractivity contribution is 7.80. The third-order valence-electron chi connectivity index (χ3n) is 4.75. The number of amides is 1. The molecule has 30 heavy (non-hydrogen) atoms. The lowest BCUT2D eigenvalue weighted by molar-refractivity contribution is 0.0342. The molecule has 1 aliphatic heterocycles. The first-order valence-electron chi connectivity index (χ1n) is 9.38. The van der Waals surface area contributed by atoms with Crippen molar-refractivity contribution >= 4 is 73.5 Å². The van der Waals surface area contributed by atoms with Gasteiger partial charge in [-0.2, -0.15) is 0 Å². The van der Waals surface area contributed by atoms with Crippen molar-refractivity contribution in [3.05, 3.63) is 63.0 Å². The van der Waals surface area contributed by atoms with E-state index < -0.39 is 0 Å². The van der Waals surface area contributed by atoms with Crippen LogP contribution in [0.15, 0.2) is 42.5 Å². The average molecular weight is 480 g/mol. The number of hydrogen-bond acceptors (Lipinski definition) is 5. The molecule has 4 rings (SSSR count). The molecule has 0 aliphatic carbocycles. The van der Waals surface area contributed by atoms with E-state index >= 15 is 0 Å². The molecule has 0 unspecified atom stereocenters. The summed E-state index contributed by atoms with van der Waals surface area (Å²) in [6.45, 7) is 4.35. The van der Waals surface area contributed by atoms with E-state index in [0.29, 0.717) is 14.9 Å². The van der Waals surface area contributed by atoms with Gasteiger partial charge in [0.2, 0.25) is 0 Å². The molecule has 1 amide bonds. The number of ether oxygens (including phenoxy) is 1. The number of carbonyl (C=O) groups excluding carboxylic acids is 1. The second-order valence-corrected chi connectivity index (χ2v) is 9.15. The van der Waals surface area contributed by atoms with E-state index in [2.05, 4.69) is 27.7 Å². The van der Waals surface area contributed by atoms with E-state index in [4.69, 9.17) is 40.2 Å². The SMILES string of the molecule is O=C(NC(=S)Nc1ccc(CN2CCOCC2)cc1)c1sc2cc(Cl)ccc2c1Cl. The van der Waals surface area contributed by atoms with Crippen LogP contribution in [0.2, 0.25) is 10.0 Å². The monoisotopic (exact) mass is 479 g/mol. The summed E-state index contributed by atoms with van der Waals surface area (Å²) < 4.78 is 6.23. The Hall–Kier alpha value is -1.74. The Morgan fingerprint density at radius 1 is 1.13 bits per heavy atom. The summed E-state index contributed by atoms with van der Waals surface area (Å²) in [5.41, 5.74) is 2.02. The number of halogens is 2. The van der Waals surface area contributed by atoms with Crippen LogP contribution in [0.3, 0.4) is 0 Å². The van der Waals surface area contributed by atoms with Crippen molar-refractivity contribution in [2.24, 2.45) is 0 Å². The Bertz CT molecular complexity index is 1080. The highest BCUT2D eigenvalue weighted by Crippen LogP contribution is 2.36. The summed E-state index contributed by atoms with van der Waals surface area (Å²) in [4.78, 5) is 15.4. The molecule has 1 saturated heterocycles. The van der Waals surface area contributed by atoms with Gasteiger partial charge < -0.3 is 10.1 Å². The number of fused-ring (bicyclic) bond motifs is 1. The summed E-state index contributed by atoms with van der Waals surface area (Å²) in [5.74, 6) is -0.348. The van der Waals surface area contributed by atoms with E-state index in [1.165, 1.54) is 16.9 Å². The van der Waals surface area contributed by atoms with Gasteiger partial charge in [0.15, 0.2) is 5.11 Å². The standard InChI is InChI=1S/C21H19Cl2N3O2S2/c22-14-3-6-16-17(11-14)30-19(18(16)23)20(27)25-21(29)24-15-4-1-13(2-5-15)12-26-7-9-28-10-8-26/h1-6,11H,7-10,12H2,(H2,24,25,27,29). The summed E-state index contributed by atoms with van der Waals surface area (Å²) in [7, 11) is 0. The Morgan fingerprint density at radius 2 is 1.87 bits per heavy atom.